The first-order chi connectivity index (χ1) is 9.29. The van der Waals surface area contributed by atoms with Gasteiger partial charge in [-0.05, 0) is 25.7 Å². The van der Waals surface area contributed by atoms with Gasteiger partial charge in [0.05, 0.1) is 10.8 Å². The van der Waals surface area contributed by atoms with E-state index >= 15 is 0 Å². The minimum Gasteiger partial charge on any atom is -0.480 e. The molecule has 1 amide bonds. The number of nitrogens with two attached hydrogens (primary N) is 1. The summed E-state index contributed by atoms with van der Waals surface area (Å²) in [6.45, 7) is 5.95. The molecule has 4 unspecified atom stereocenters. The Morgan fingerprint density at radius 2 is 2.10 bits per heavy atom. The molecule has 1 heterocycles. The molecule has 0 spiro atoms. The Morgan fingerprint density at radius 1 is 1.45 bits per heavy atom. The predicted octanol–water partition coefficient (Wildman–Crippen LogP) is 1.51. The lowest BCUT2D eigenvalue weighted by molar-refractivity contribution is -0.154. The molecule has 3 N–H and O–H groups in total. The zero-order chi connectivity index (χ0) is 15.1. The Morgan fingerprint density at radius 3 is 2.55 bits per heavy atom. The van der Waals surface area contributed by atoms with Gasteiger partial charge in [-0.15, -0.1) is 11.8 Å². The lowest BCUT2D eigenvalue weighted by atomic mass is 9.83. The quantitative estimate of drug-likeness (QED) is 0.825. The number of hydrogen-bond acceptors (Lipinski definition) is 4. The summed E-state index contributed by atoms with van der Waals surface area (Å²) < 4.78 is 0. The smallest absolute Gasteiger partial charge is 0.327 e. The number of carboxylic acid groups (broad SMARTS) is 1. The average Bonchev–Trinajstić information content (AvgIpc) is 2.94. The van der Waals surface area contributed by atoms with Crippen molar-refractivity contribution in [2.45, 2.75) is 57.5 Å². The van der Waals surface area contributed by atoms with Crippen LogP contribution in [0.15, 0.2) is 0 Å². The van der Waals surface area contributed by atoms with Crippen LogP contribution in [0.4, 0.5) is 0 Å². The van der Waals surface area contributed by atoms with E-state index in [2.05, 4.69) is 0 Å². The van der Waals surface area contributed by atoms with Crippen molar-refractivity contribution in [1.82, 2.24) is 4.90 Å². The van der Waals surface area contributed by atoms with E-state index in [-0.39, 0.29) is 23.2 Å². The van der Waals surface area contributed by atoms with E-state index < -0.39 is 17.4 Å². The van der Waals surface area contributed by atoms with Gasteiger partial charge < -0.3 is 15.7 Å². The number of amides is 1. The molecule has 2 aliphatic rings. The van der Waals surface area contributed by atoms with Gasteiger partial charge in [-0.2, -0.15) is 0 Å². The van der Waals surface area contributed by atoms with Crippen molar-refractivity contribution in [3.8, 4) is 0 Å². The standard InChI is InChI=1S/C14H24N2O3S/c1-8(2)11-16(9(7-20-11)12(17)18)13(19)14(3)6-4-5-10(14)15/h8-11H,4-7,15H2,1-3H3,(H,17,18). The number of carboxylic acids is 1. The summed E-state index contributed by atoms with van der Waals surface area (Å²) in [4.78, 5) is 26.0. The van der Waals surface area contributed by atoms with Crippen molar-refractivity contribution >= 4 is 23.6 Å². The van der Waals surface area contributed by atoms with Crippen LogP contribution in [0.1, 0.15) is 40.0 Å². The van der Waals surface area contributed by atoms with Crippen molar-refractivity contribution in [3.05, 3.63) is 0 Å². The molecular weight excluding hydrogens is 276 g/mol. The number of aliphatic carboxylic acids is 1. The Hall–Kier alpha value is -0.750. The maximum absolute atomic E-state index is 13.0. The minimum atomic E-state index is -0.913. The average molecular weight is 300 g/mol. The highest BCUT2D eigenvalue weighted by Gasteiger charge is 2.51. The number of rotatable bonds is 3. The molecule has 4 atom stereocenters. The van der Waals surface area contributed by atoms with Crippen molar-refractivity contribution in [2.75, 3.05) is 5.75 Å². The molecule has 1 saturated carbocycles. The monoisotopic (exact) mass is 300 g/mol. The summed E-state index contributed by atoms with van der Waals surface area (Å²) in [6.07, 6.45) is 2.53. The Bertz CT molecular complexity index is 415. The second-order valence-electron chi connectivity index (χ2n) is 6.45. The second-order valence-corrected chi connectivity index (χ2v) is 7.60. The van der Waals surface area contributed by atoms with E-state index in [0.717, 1.165) is 19.3 Å². The van der Waals surface area contributed by atoms with Crippen LogP contribution in [0.3, 0.4) is 0 Å². The van der Waals surface area contributed by atoms with Gasteiger partial charge in [0, 0.05) is 11.8 Å². The molecule has 0 bridgehead atoms. The summed E-state index contributed by atoms with van der Waals surface area (Å²) in [6, 6.07) is -0.882. The van der Waals surface area contributed by atoms with Crippen molar-refractivity contribution in [3.63, 3.8) is 0 Å². The van der Waals surface area contributed by atoms with Crippen molar-refractivity contribution in [2.24, 2.45) is 17.1 Å². The summed E-state index contributed by atoms with van der Waals surface area (Å²) in [5.41, 5.74) is 5.52. The third-order valence-corrected chi connectivity index (χ3v) is 6.26. The van der Waals surface area contributed by atoms with Crippen LogP contribution in [-0.4, -0.2) is 45.1 Å². The van der Waals surface area contributed by atoms with Gasteiger partial charge in [-0.25, -0.2) is 4.79 Å². The largest absolute Gasteiger partial charge is 0.480 e. The topological polar surface area (TPSA) is 83.6 Å². The first-order valence-electron chi connectivity index (χ1n) is 7.22. The van der Waals surface area contributed by atoms with Crippen LogP contribution >= 0.6 is 11.8 Å². The van der Waals surface area contributed by atoms with Crippen LogP contribution < -0.4 is 5.73 Å². The summed E-state index contributed by atoms with van der Waals surface area (Å²) in [5, 5.41) is 9.32. The van der Waals surface area contributed by atoms with E-state index in [4.69, 9.17) is 5.73 Å². The molecule has 20 heavy (non-hydrogen) atoms. The third kappa shape index (κ3) is 2.44. The fourth-order valence-corrected chi connectivity index (χ4v) is 4.71. The number of nitrogens with zero attached hydrogens (tertiary/aromatic N) is 1. The fraction of sp³-hybridized carbons (Fsp3) is 0.857. The highest BCUT2D eigenvalue weighted by atomic mass is 32.2. The normalized spacial score (nSPS) is 37.6. The van der Waals surface area contributed by atoms with Crippen LogP contribution in [0.25, 0.3) is 0 Å². The fourth-order valence-electron chi connectivity index (χ4n) is 3.24. The molecule has 1 aliphatic heterocycles. The molecule has 0 aromatic heterocycles. The molecule has 0 aromatic rings. The summed E-state index contributed by atoms with van der Waals surface area (Å²) >= 11 is 1.57. The molecule has 5 nitrogen and oxygen atoms in total. The SMILES string of the molecule is CC(C)C1SCC(C(=O)O)N1C(=O)C1(C)CCCC1N. The number of hydrogen-bond donors (Lipinski definition) is 2. The lowest BCUT2D eigenvalue weighted by Gasteiger charge is -2.38. The van der Waals surface area contributed by atoms with Gasteiger partial charge in [-0.3, -0.25) is 4.79 Å². The molecule has 1 saturated heterocycles. The summed E-state index contributed by atoms with van der Waals surface area (Å²) in [5.74, 6) is -0.285. The van der Waals surface area contributed by atoms with Crippen molar-refractivity contribution in [1.29, 1.82) is 0 Å². The highest BCUT2D eigenvalue weighted by Crippen LogP contribution is 2.43. The van der Waals surface area contributed by atoms with Crippen LogP contribution in [0.5, 0.6) is 0 Å². The second kappa shape index (κ2) is 5.56. The predicted molar refractivity (Wildman–Crippen MR) is 79.3 cm³/mol. The van der Waals surface area contributed by atoms with Gasteiger partial charge >= 0.3 is 5.97 Å². The minimum absolute atomic E-state index is 0.0618. The zero-order valence-corrected chi connectivity index (χ0v) is 13.2. The molecular formula is C14H24N2O3S. The van der Waals surface area contributed by atoms with Gasteiger partial charge in [0.2, 0.25) is 5.91 Å². The molecule has 114 valence electrons. The maximum atomic E-state index is 13.0. The molecule has 6 heteroatoms. The molecule has 1 aliphatic carbocycles. The third-order valence-electron chi connectivity index (χ3n) is 4.64. The zero-order valence-electron chi connectivity index (χ0n) is 12.3. The first-order valence-corrected chi connectivity index (χ1v) is 8.26. The first kappa shape index (κ1) is 15.6. The number of carbonyl (C=O) groups is 2. The van der Waals surface area contributed by atoms with Crippen molar-refractivity contribution < 1.29 is 14.7 Å². The lowest BCUT2D eigenvalue weighted by Crippen LogP contribution is -2.55. The molecule has 0 radical (unpaired) electrons. The van der Waals surface area contributed by atoms with Crippen LogP contribution in [0.2, 0.25) is 0 Å². The Labute approximate surface area is 124 Å². The number of thioether (sulfide) groups is 1. The van der Waals surface area contributed by atoms with Gasteiger partial charge in [0.25, 0.3) is 0 Å². The van der Waals surface area contributed by atoms with Crippen LogP contribution in [-0.2, 0) is 9.59 Å². The van der Waals surface area contributed by atoms with E-state index in [1.54, 1.807) is 16.7 Å². The summed E-state index contributed by atoms with van der Waals surface area (Å²) in [7, 11) is 0. The van der Waals surface area contributed by atoms with Gasteiger partial charge in [-0.1, -0.05) is 20.3 Å². The molecule has 2 fully saturated rings. The molecule has 0 aromatic carbocycles. The van der Waals surface area contributed by atoms with E-state index in [1.165, 1.54) is 0 Å². The van der Waals surface area contributed by atoms with Gasteiger partial charge in [0.15, 0.2) is 0 Å². The maximum Gasteiger partial charge on any atom is 0.327 e. The van der Waals surface area contributed by atoms with Gasteiger partial charge in [0.1, 0.15) is 6.04 Å². The van der Waals surface area contributed by atoms with E-state index in [0.29, 0.717) is 5.75 Å². The van der Waals surface area contributed by atoms with E-state index in [1.807, 2.05) is 20.8 Å². The Balaban J connectivity index is 2.30. The highest BCUT2D eigenvalue weighted by molar-refractivity contribution is 8.00. The number of carbonyl (C=O) groups excluding carboxylic acids is 1. The molecule has 2 rings (SSSR count). The van der Waals surface area contributed by atoms with Crippen LogP contribution in [0, 0.1) is 11.3 Å². The van der Waals surface area contributed by atoms with E-state index in [9.17, 15) is 14.7 Å². The Kier molecular flexibility index (Phi) is 4.35.